The Morgan fingerprint density at radius 3 is 1.96 bits per heavy atom. The van der Waals surface area contributed by atoms with Gasteiger partial charge in [0.15, 0.2) is 0 Å². The maximum atomic E-state index is 10.8. The van der Waals surface area contributed by atoms with Crippen LogP contribution in [0.3, 0.4) is 0 Å². The van der Waals surface area contributed by atoms with E-state index >= 15 is 0 Å². The molecule has 0 saturated carbocycles. The predicted octanol–water partition coefficient (Wildman–Crippen LogP) is 4.06. The van der Waals surface area contributed by atoms with Gasteiger partial charge < -0.3 is 0 Å². The molecule has 27 heavy (non-hydrogen) atoms. The zero-order chi connectivity index (χ0) is 19.6. The highest BCUT2D eigenvalue weighted by molar-refractivity contribution is 5.82. The summed E-state index contributed by atoms with van der Waals surface area (Å²) in [5.74, 6) is 0. The molecule has 3 aromatic rings. The van der Waals surface area contributed by atoms with Gasteiger partial charge in [0.1, 0.15) is 5.69 Å². The van der Waals surface area contributed by atoms with Crippen molar-refractivity contribution in [3.63, 3.8) is 0 Å². The third kappa shape index (κ3) is 3.71. The number of aryl methyl sites for hydroxylation is 1. The lowest BCUT2D eigenvalue weighted by molar-refractivity contribution is -0.385. The number of hydrogen-bond donors (Lipinski definition) is 0. The largest absolute Gasteiger partial charge is 0.269 e. The van der Waals surface area contributed by atoms with Crippen molar-refractivity contribution in [2.75, 3.05) is 0 Å². The van der Waals surface area contributed by atoms with Crippen LogP contribution in [0.2, 0.25) is 0 Å². The van der Waals surface area contributed by atoms with E-state index in [1.54, 1.807) is 35.2 Å². The lowest BCUT2D eigenvalue weighted by Gasteiger charge is -2.03. The number of hydrogen-bond acceptors (Lipinski definition) is 6. The third-order valence-electron chi connectivity index (χ3n) is 4.00. The van der Waals surface area contributed by atoms with Crippen LogP contribution in [0.15, 0.2) is 53.5 Å². The highest BCUT2D eigenvalue weighted by Crippen LogP contribution is 2.26. The Labute approximate surface area is 153 Å². The monoisotopic (exact) mass is 365 g/mol. The molecule has 0 bridgehead atoms. The standard InChI is InChI=1S/C18H15N5O4/c1-12-18(19-11-14-3-5-16(6-4-14)22(24)25)13(2)21(20-12)15-7-9-17(10-8-15)23(26)27/h3-11H,1-2H3. The number of nitro benzene ring substituents is 2. The molecule has 0 unspecified atom stereocenters. The van der Waals surface area contributed by atoms with Gasteiger partial charge in [0, 0.05) is 30.5 Å². The van der Waals surface area contributed by atoms with Gasteiger partial charge in [-0.25, -0.2) is 4.68 Å². The van der Waals surface area contributed by atoms with Crippen LogP contribution < -0.4 is 0 Å². The van der Waals surface area contributed by atoms with E-state index in [0.717, 1.165) is 11.3 Å². The van der Waals surface area contributed by atoms with E-state index in [1.165, 1.54) is 24.3 Å². The van der Waals surface area contributed by atoms with E-state index in [-0.39, 0.29) is 11.4 Å². The minimum absolute atomic E-state index is 0.0108. The number of rotatable bonds is 5. The fraction of sp³-hybridized carbons (Fsp3) is 0.111. The molecule has 0 aliphatic rings. The topological polar surface area (TPSA) is 116 Å². The van der Waals surface area contributed by atoms with Crippen LogP contribution >= 0.6 is 0 Å². The van der Waals surface area contributed by atoms with Crippen molar-refractivity contribution in [1.29, 1.82) is 0 Å². The average molecular weight is 365 g/mol. The van der Waals surface area contributed by atoms with Gasteiger partial charge in [0.25, 0.3) is 11.4 Å². The molecule has 0 amide bonds. The third-order valence-corrected chi connectivity index (χ3v) is 4.00. The van der Waals surface area contributed by atoms with Crippen LogP contribution in [0.25, 0.3) is 5.69 Å². The lowest BCUT2D eigenvalue weighted by atomic mass is 10.2. The van der Waals surface area contributed by atoms with Gasteiger partial charge in [0.05, 0.1) is 26.9 Å². The zero-order valence-electron chi connectivity index (χ0n) is 14.6. The Bertz CT molecular complexity index is 1040. The maximum Gasteiger partial charge on any atom is 0.269 e. The highest BCUT2D eigenvalue weighted by atomic mass is 16.6. The summed E-state index contributed by atoms with van der Waals surface area (Å²) in [7, 11) is 0. The van der Waals surface area contributed by atoms with E-state index in [1.807, 2.05) is 13.8 Å². The first kappa shape index (κ1) is 17.9. The number of aliphatic imine (C=N–C) groups is 1. The van der Waals surface area contributed by atoms with Gasteiger partial charge in [0.2, 0.25) is 0 Å². The average Bonchev–Trinajstić information content (AvgIpc) is 2.94. The van der Waals surface area contributed by atoms with Crippen LogP contribution in [-0.2, 0) is 0 Å². The molecule has 9 heteroatoms. The molecule has 0 atom stereocenters. The van der Waals surface area contributed by atoms with Crippen molar-refractivity contribution >= 4 is 23.3 Å². The first-order chi connectivity index (χ1) is 12.9. The lowest BCUT2D eigenvalue weighted by Crippen LogP contribution is -1.99. The molecule has 0 aliphatic carbocycles. The fourth-order valence-corrected chi connectivity index (χ4v) is 2.61. The molecule has 0 saturated heterocycles. The van der Waals surface area contributed by atoms with E-state index in [2.05, 4.69) is 10.1 Å². The molecule has 0 radical (unpaired) electrons. The van der Waals surface area contributed by atoms with Crippen LogP contribution in [0.4, 0.5) is 17.1 Å². The Hall–Kier alpha value is -3.88. The fourth-order valence-electron chi connectivity index (χ4n) is 2.61. The summed E-state index contributed by atoms with van der Waals surface area (Å²) in [5, 5.41) is 25.9. The number of benzene rings is 2. The van der Waals surface area contributed by atoms with E-state index < -0.39 is 9.85 Å². The molecule has 3 rings (SSSR count). The second-order valence-corrected chi connectivity index (χ2v) is 5.81. The molecule has 0 spiro atoms. The van der Waals surface area contributed by atoms with Gasteiger partial charge in [-0.15, -0.1) is 0 Å². The zero-order valence-corrected chi connectivity index (χ0v) is 14.6. The highest BCUT2D eigenvalue weighted by Gasteiger charge is 2.13. The van der Waals surface area contributed by atoms with Gasteiger partial charge in [-0.3, -0.25) is 25.2 Å². The predicted molar refractivity (Wildman–Crippen MR) is 100 cm³/mol. The number of nitro groups is 2. The van der Waals surface area contributed by atoms with E-state index in [0.29, 0.717) is 17.1 Å². The first-order valence-electron chi connectivity index (χ1n) is 7.96. The minimum Gasteiger partial charge on any atom is -0.258 e. The molecule has 1 aromatic heterocycles. The number of aromatic nitrogens is 2. The Morgan fingerprint density at radius 2 is 1.44 bits per heavy atom. The molecule has 0 fully saturated rings. The SMILES string of the molecule is Cc1nn(-c2ccc([N+](=O)[O-])cc2)c(C)c1N=Cc1ccc([N+](=O)[O-])cc1. The summed E-state index contributed by atoms with van der Waals surface area (Å²) in [4.78, 5) is 25.0. The van der Waals surface area contributed by atoms with Crippen LogP contribution in [0.1, 0.15) is 17.0 Å². The molecule has 136 valence electrons. The first-order valence-corrected chi connectivity index (χ1v) is 7.96. The van der Waals surface area contributed by atoms with Gasteiger partial charge in [-0.1, -0.05) is 0 Å². The molecule has 2 aromatic carbocycles. The molecular weight excluding hydrogens is 350 g/mol. The Balaban J connectivity index is 1.89. The molecule has 1 heterocycles. The van der Waals surface area contributed by atoms with Crippen molar-refractivity contribution < 1.29 is 9.85 Å². The Kier molecular flexibility index (Phi) is 4.75. The Morgan fingerprint density at radius 1 is 0.926 bits per heavy atom. The van der Waals surface area contributed by atoms with E-state index in [4.69, 9.17) is 0 Å². The van der Waals surface area contributed by atoms with Crippen molar-refractivity contribution in [3.05, 3.63) is 85.7 Å². The molecule has 0 N–H and O–H groups in total. The second-order valence-electron chi connectivity index (χ2n) is 5.81. The van der Waals surface area contributed by atoms with Gasteiger partial charge >= 0.3 is 0 Å². The second kappa shape index (κ2) is 7.16. The van der Waals surface area contributed by atoms with Crippen LogP contribution in [0.5, 0.6) is 0 Å². The summed E-state index contributed by atoms with van der Waals surface area (Å²) in [5.41, 5.74) is 3.60. The molecule has 0 aliphatic heterocycles. The minimum atomic E-state index is -0.455. The summed E-state index contributed by atoms with van der Waals surface area (Å²) in [6, 6.07) is 12.2. The number of nitrogens with zero attached hydrogens (tertiary/aromatic N) is 5. The van der Waals surface area contributed by atoms with Gasteiger partial charge in [-0.05, 0) is 43.7 Å². The summed E-state index contributed by atoms with van der Waals surface area (Å²) in [6.07, 6.45) is 1.61. The maximum absolute atomic E-state index is 10.8. The normalized spacial score (nSPS) is 11.0. The van der Waals surface area contributed by atoms with E-state index in [9.17, 15) is 20.2 Å². The quantitative estimate of drug-likeness (QED) is 0.384. The van der Waals surface area contributed by atoms with Gasteiger partial charge in [-0.2, -0.15) is 5.10 Å². The van der Waals surface area contributed by atoms with Crippen molar-refractivity contribution in [3.8, 4) is 5.69 Å². The summed E-state index contributed by atoms with van der Waals surface area (Å²) >= 11 is 0. The molecule has 9 nitrogen and oxygen atoms in total. The number of non-ortho nitro benzene ring substituents is 2. The van der Waals surface area contributed by atoms with Crippen molar-refractivity contribution in [2.24, 2.45) is 4.99 Å². The smallest absolute Gasteiger partial charge is 0.258 e. The summed E-state index contributed by atoms with van der Waals surface area (Å²) < 4.78 is 1.67. The summed E-state index contributed by atoms with van der Waals surface area (Å²) in [6.45, 7) is 3.67. The molecular formula is C18H15N5O4. The van der Waals surface area contributed by atoms with Crippen molar-refractivity contribution in [1.82, 2.24) is 9.78 Å². The van der Waals surface area contributed by atoms with Crippen molar-refractivity contribution in [2.45, 2.75) is 13.8 Å². The van der Waals surface area contributed by atoms with Crippen LogP contribution in [-0.4, -0.2) is 25.8 Å². The van der Waals surface area contributed by atoms with Crippen LogP contribution in [0, 0.1) is 34.1 Å².